The molecule has 2 aliphatic rings. The lowest BCUT2D eigenvalue weighted by Gasteiger charge is -2.24. The largest absolute Gasteiger partial charge is 0.508 e. The van der Waals surface area contributed by atoms with E-state index < -0.39 is 0 Å². The second-order valence-electron chi connectivity index (χ2n) is 7.46. The van der Waals surface area contributed by atoms with Crippen molar-refractivity contribution in [2.45, 2.75) is 19.1 Å². The first-order valence-corrected chi connectivity index (χ1v) is 10.0. The fourth-order valence-electron chi connectivity index (χ4n) is 3.93. The summed E-state index contributed by atoms with van der Waals surface area (Å²) >= 11 is 0. The van der Waals surface area contributed by atoms with Crippen molar-refractivity contribution in [3.63, 3.8) is 0 Å². The molecule has 0 amide bonds. The number of nitrogens with zero attached hydrogens (tertiary/aromatic N) is 2. The van der Waals surface area contributed by atoms with Crippen molar-refractivity contribution >= 4 is 0 Å². The Morgan fingerprint density at radius 2 is 1.93 bits per heavy atom. The summed E-state index contributed by atoms with van der Waals surface area (Å²) in [5.74, 6) is 0.547. The van der Waals surface area contributed by atoms with Gasteiger partial charge in [0.05, 0.1) is 25.5 Å². The van der Waals surface area contributed by atoms with Crippen LogP contribution in [0.5, 0.6) is 11.6 Å². The average Bonchev–Trinajstić information content (AvgIpc) is 2.78. The lowest BCUT2D eigenvalue weighted by molar-refractivity contribution is -0.102. The minimum absolute atomic E-state index is 0.153. The molecule has 0 aliphatic carbocycles. The van der Waals surface area contributed by atoms with Crippen molar-refractivity contribution in [1.29, 1.82) is 0 Å². The van der Waals surface area contributed by atoms with Gasteiger partial charge in [-0.25, -0.2) is 4.79 Å². The standard InChI is InChI=1S/C23H22N2O5/c26-18-4-1-15(2-5-18)16-3-6-20-17(11-16)7-8-25-21(20)12-22(24-23(25)27)30-14-19-13-28-9-10-29-19/h1-6,11-12,19,26H,7-10,13-14H2. The smallest absolute Gasteiger partial charge is 0.351 e. The molecule has 0 saturated carbocycles. The zero-order valence-corrected chi connectivity index (χ0v) is 16.4. The first-order chi connectivity index (χ1) is 14.7. The van der Waals surface area contributed by atoms with E-state index in [4.69, 9.17) is 14.2 Å². The van der Waals surface area contributed by atoms with Gasteiger partial charge in [0, 0.05) is 18.2 Å². The third-order valence-corrected chi connectivity index (χ3v) is 5.48. The number of aryl methyl sites for hydroxylation is 1. The van der Waals surface area contributed by atoms with Gasteiger partial charge in [0.2, 0.25) is 5.88 Å². The van der Waals surface area contributed by atoms with Crippen molar-refractivity contribution < 1.29 is 19.3 Å². The van der Waals surface area contributed by atoms with Crippen LogP contribution >= 0.6 is 0 Å². The highest BCUT2D eigenvalue weighted by Crippen LogP contribution is 2.33. The number of fused-ring (bicyclic) bond motifs is 3. The van der Waals surface area contributed by atoms with E-state index in [1.54, 1.807) is 16.7 Å². The van der Waals surface area contributed by atoms with Gasteiger partial charge in [-0.1, -0.05) is 30.3 Å². The zero-order chi connectivity index (χ0) is 20.5. The third-order valence-electron chi connectivity index (χ3n) is 5.48. The highest BCUT2D eigenvalue weighted by Gasteiger charge is 2.21. The number of hydrogen-bond acceptors (Lipinski definition) is 6. The Kier molecular flexibility index (Phi) is 4.98. The number of hydrogen-bond donors (Lipinski definition) is 1. The molecule has 5 rings (SSSR count). The van der Waals surface area contributed by atoms with Crippen LogP contribution < -0.4 is 10.4 Å². The van der Waals surface area contributed by atoms with E-state index in [-0.39, 0.29) is 17.5 Å². The molecule has 1 fully saturated rings. The maximum absolute atomic E-state index is 12.6. The topological polar surface area (TPSA) is 82.8 Å². The van der Waals surface area contributed by atoms with Crippen LogP contribution in [0.25, 0.3) is 22.4 Å². The molecule has 1 N–H and O–H groups in total. The lowest BCUT2D eigenvalue weighted by atomic mass is 9.93. The van der Waals surface area contributed by atoms with E-state index in [2.05, 4.69) is 11.1 Å². The Bertz CT molecular complexity index is 1120. The molecule has 2 aliphatic heterocycles. The molecule has 3 aromatic rings. The molecule has 1 unspecified atom stereocenters. The molecule has 154 valence electrons. The Morgan fingerprint density at radius 1 is 1.10 bits per heavy atom. The zero-order valence-electron chi connectivity index (χ0n) is 16.4. The minimum Gasteiger partial charge on any atom is -0.508 e. The van der Waals surface area contributed by atoms with E-state index in [9.17, 15) is 9.90 Å². The molecule has 7 nitrogen and oxygen atoms in total. The van der Waals surface area contributed by atoms with Crippen LogP contribution in [-0.2, 0) is 22.4 Å². The normalized spacial score (nSPS) is 17.8. The van der Waals surface area contributed by atoms with E-state index >= 15 is 0 Å². The van der Waals surface area contributed by atoms with Crippen molar-refractivity contribution in [3.8, 4) is 34.0 Å². The number of phenols is 1. The molecule has 1 aromatic heterocycles. The number of phenolic OH excluding ortho intramolecular Hbond substituents is 1. The van der Waals surface area contributed by atoms with Gasteiger partial charge in [-0.15, -0.1) is 0 Å². The van der Waals surface area contributed by atoms with Gasteiger partial charge in [-0.3, -0.25) is 4.57 Å². The Hall–Kier alpha value is -3.16. The van der Waals surface area contributed by atoms with Gasteiger partial charge in [0.1, 0.15) is 18.5 Å². The molecule has 0 bridgehead atoms. The summed E-state index contributed by atoms with van der Waals surface area (Å²) in [5, 5.41) is 9.52. The predicted molar refractivity (Wildman–Crippen MR) is 111 cm³/mol. The van der Waals surface area contributed by atoms with Gasteiger partial charge in [-0.2, -0.15) is 4.98 Å². The summed E-state index contributed by atoms with van der Waals surface area (Å²) in [6, 6.07) is 15.2. The van der Waals surface area contributed by atoms with Crippen LogP contribution in [0.15, 0.2) is 53.3 Å². The van der Waals surface area contributed by atoms with Gasteiger partial charge in [0.25, 0.3) is 0 Å². The molecule has 1 atom stereocenters. The minimum atomic E-state index is -0.309. The second-order valence-corrected chi connectivity index (χ2v) is 7.46. The Labute approximate surface area is 173 Å². The number of rotatable bonds is 4. The molecule has 2 aromatic carbocycles. The van der Waals surface area contributed by atoms with E-state index in [1.807, 2.05) is 30.3 Å². The summed E-state index contributed by atoms with van der Waals surface area (Å²) in [5.41, 5.74) is 4.78. The summed E-state index contributed by atoms with van der Waals surface area (Å²) in [6.45, 7) is 2.49. The van der Waals surface area contributed by atoms with Gasteiger partial charge in [0.15, 0.2) is 0 Å². The van der Waals surface area contributed by atoms with Crippen LogP contribution in [0.3, 0.4) is 0 Å². The van der Waals surface area contributed by atoms with Gasteiger partial charge in [-0.05, 0) is 35.2 Å². The van der Waals surface area contributed by atoms with Gasteiger partial charge >= 0.3 is 5.69 Å². The van der Waals surface area contributed by atoms with Crippen LogP contribution in [-0.4, -0.2) is 47.2 Å². The molecule has 7 heteroatoms. The average molecular weight is 406 g/mol. The van der Waals surface area contributed by atoms with Crippen molar-refractivity contribution in [2.75, 3.05) is 26.4 Å². The maximum Gasteiger partial charge on any atom is 0.351 e. The van der Waals surface area contributed by atoms with Crippen molar-refractivity contribution in [1.82, 2.24) is 9.55 Å². The van der Waals surface area contributed by atoms with E-state index in [1.165, 1.54) is 5.56 Å². The first kappa shape index (κ1) is 18.8. The summed E-state index contributed by atoms with van der Waals surface area (Å²) in [4.78, 5) is 16.6. The fraction of sp³-hybridized carbons (Fsp3) is 0.304. The maximum atomic E-state index is 12.6. The summed E-state index contributed by atoms with van der Waals surface area (Å²) in [6.07, 6.45) is 0.600. The Morgan fingerprint density at radius 3 is 2.73 bits per heavy atom. The third kappa shape index (κ3) is 3.69. The number of benzene rings is 2. The Balaban J connectivity index is 1.44. The quantitative estimate of drug-likeness (QED) is 0.717. The van der Waals surface area contributed by atoms with Crippen LogP contribution in [0.2, 0.25) is 0 Å². The molecule has 30 heavy (non-hydrogen) atoms. The van der Waals surface area contributed by atoms with Crippen LogP contribution in [0, 0.1) is 0 Å². The molecule has 1 saturated heterocycles. The highest BCUT2D eigenvalue weighted by atomic mass is 16.6. The predicted octanol–water partition coefficient (Wildman–Crippen LogP) is 2.63. The van der Waals surface area contributed by atoms with Crippen LogP contribution in [0.1, 0.15) is 5.56 Å². The van der Waals surface area contributed by atoms with Crippen molar-refractivity contribution in [2.24, 2.45) is 0 Å². The summed E-state index contributed by atoms with van der Waals surface area (Å²) < 4.78 is 18.4. The number of ether oxygens (including phenoxy) is 3. The SMILES string of the molecule is O=c1nc(OCC2COCCO2)cc2n1CCc1cc(-c3ccc(O)cc3)ccc1-2. The molecule has 3 heterocycles. The second kappa shape index (κ2) is 7.93. The van der Waals surface area contributed by atoms with Gasteiger partial charge < -0.3 is 19.3 Å². The molecule has 0 spiro atoms. The molecule has 0 radical (unpaired) electrons. The number of aromatic nitrogens is 2. The fourth-order valence-corrected chi connectivity index (χ4v) is 3.93. The summed E-state index contributed by atoms with van der Waals surface area (Å²) in [7, 11) is 0. The molecular weight excluding hydrogens is 384 g/mol. The van der Waals surface area contributed by atoms with Crippen LogP contribution in [0.4, 0.5) is 0 Å². The van der Waals surface area contributed by atoms with E-state index in [0.717, 1.165) is 28.8 Å². The monoisotopic (exact) mass is 406 g/mol. The first-order valence-electron chi connectivity index (χ1n) is 10.0. The highest BCUT2D eigenvalue weighted by molar-refractivity contribution is 5.73. The van der Waals surface area contributed by atoms with Crippen molar-refractivity contribution in [3.05, 3.63) is 64.6 Å². The lowest BCUT2D eigenvalue weighted by Crippen LogP contribution is -2.34. The van der Waals surface area contributed by atoms with E-state index in [0.29, 0.717) is 38.9 Å². The molecular formula is C23H22N2O5. The number of aromatic hydroxyl groups is 1.